The van der Waals surface area contributed by atoms with Crippen LogP contribution in [-0.4, -0.2) is 34.8 Å². The van der Waals surface area contributed by atoms with Gasteiger partial charge in [-0.05, 0) is 31.4 Å². The molecule has 0 aliphatic carbocycles. The molecule has 0 saturated carbocycles. The number of carbonyl (C=O) groups excluding carboxylic acids is 1. The number of nitrogens with zero attached hydrogens (tertiary/aromatic N) is 2. The molecule has 0 atom stereocenters. The number of hydrogen-bond acceptors (Lipinski definition) is 6. The van der Waals surface area contributed by atoms with Gasteiger partial charge in [0.2, 0.25) is 0 Å². The molecule has 0 bridgehead atoms. The summed E-state index contributed by atoms with van der Waals surface area (Å²) in [4.78, 5) is 18.5. The molecule has 3 aromatic rings. The zero-order chi connectivity index (χ0) is 18.5. The average Bonchev–Trinajstić information content (AvgIpc) is 3.35. The number of thiazole rings is 1. The first-order valence-corrected chi connectivity index (χ1v) is 11.3. The first kappa shape index (κ1) is 19.4. The summed E-state index contributed by atoms with van der Waals surface area (Å²) in [5, 5.41) is 5.21. The number of aromatic nitrogens is 2. The zero-order valence-corrected chi connectivity index (χ0v) is 17.6. The minimum absolute atomic E-state index is 0.181. The van der Waals surface area contributed by atoms with Crippen LogP contribution in [0, 0.1) is 13.8 Å². The Bertz CT molecular complexity index is 866. The largest absolute Gasteiger partial charge is 0.383 e. The second-order valence-corrected chi connectivity index (χ2v) is 8.76. The Balaban J connectivity index is 1.56. The van der Waals surface area contributed by atoms with Crippen molar-refractivity contribution in [2.45, 2.75) is 26.1 Å². The van der Waals surface area contributed by atoms with Gasteiger partial charge in [-0.15, -0.1) is 34.4 Å². The van der Waals surface area contributed by atoms with Crippen LogP contribution in [0.25, 0.3) is 9.88 Å². The fourth-order valence-corrected chi connectivity index (χ4v) is 5.36. The lowest BCUT2D eigenvalue weighted by atomic mass is 10.2. The minimum Gasteiger partial charge on any atom is -0.383 e. The maximum Gasteiger partial charge on any atom is 0.174 e. The smallest absolute Gasteiger partial charge is 0.174 e. The molecule has 138 valence electrons. The predicted molar refractivity (Wildman–Crippen MR) is 112 cm³/mol. The van der Waals surface area contributed by atoms with Gasteiger partial charge < -0.3 is 9.30 Å². The van der Waals surface area contributed by atoms with Gasteiger partial charge in [-0.3, -0.25) is 4.79 Å². The molecule has 7 heteroatoms. The molecule has 0 N–H and O–H groups in total. The Morgan fingerprint density at radius 1 is 1.35 bits per heavy atom. The van der Waals surface area contributed by atoms with Crippen molar-refractivity contribution in [1.82, 2.24) is 9.55 Å². The highest BCUT2D eigenvalue weighted by Crippen LogP contribution is 2.29. The third kappa shape index (κ3) is 4.46. The van der Waals surface area contributed by atoms with Crippen molar-refractivity contribution in [2.24, 2.45) is 0 Å². The number of hydrogen-bond donors (Lipinski definition) is 0. The van der Waals surface area contributed by atoms with Gasteiger partial charge in [0.05, 0.1) is 22.9 Å². The Labute approximate surface area is 166 Å². The molecule has 0 saturated heterocycles. The summed E-state index contributed by atoms with van der Waals surface area (Å²) < 4.78 is 7.30. The fourth-order valence-electron chi connectivity index (χ4n) is 2.82. The van der Waals surface area contributed by atoms with Crippen LogP contribution in [0.2, 0.25) is 0 Å². The number of thioether (sulfide) groups is 1. The van der Waals surface area contributed by atoms with Crippen molar-refractivity contribution in [3.05, 3.63) is 51.6 Å². The number of ether oxygens (including phenoxy) is 1. The molecular formula is C19H22N2O2S3. The van der Waals surface area contributed by atoms with Crippen molar-refractivity contribution in [2.75, 3.05) is 19.5 Å². The molecule has 0 unspecified atom stereocenters. The van der Waals surface area contributed by atoms with Crippen LogP contribution in [0.1, 0.15) is 27.4 Å². The van der Waals surface area contributed by atoms with E-state index in [0.717, 1.165) is 40.0 Å². The summed E-state index contributed by atoms with van der Waals surface area (Å²) >= 11 is 4.99. The zero-order valence-electron chi connectivity index (χ0n) is 15.2. The Morgan fingerprint density at radius 3 is 2.92 bits per heavy atom. The van der Waals surface area contributed by atoms with E-state index < -0.39 is 0 Å². The van der Waals surface area contributed by atoms with E-state index in [9.17, 15) is 4.79 Å². The predicted octanol–water partition coefficient (Wildman–Crippen LogP) is 5.05. The molecule has 3 rings (SSSR count). The van der Waals surface area contributed by atoms with Gasteiger partial charge in [-0.1, -0.05) is 6.07 Å². The molecule has 0 amide bonds. The van der Waals surface area contributed by atoms with Crippen LogP contribution in [0.4, 0.5) is 0 Å². The fraction of sp³-hybridized carbons (Fsp3) is 0.368. The van der Waals surface area contributed by atoms with Crippen LogP contribution in [0.15, 0.2) is 29.0 Å². The lowest BCUT2D eigenvalue weighted by molar-refractivity contribution is 0.102. The summed E-state index contributed by atoms with van der Waals surface area (Å²) in [6, 6.07) is 6.12. The minimum atomic E-state index is 0.181. The lowest BCUT2D eigenvalue weighted by Gasteiger charge is -2.08. The van der Waals surface area contributed by atoms with Crippen molar-refractivity contribution < 1.29 is 9.53 Å². The lowest BCUT2D eigenvalue weighted by Crippen LogP contribution is -2.09. The monoisotopic (exact) mass is 406 g/mol. The number of rotatable bonds is 9. The summed E-state index contributed by atoms with van der Waals surface area (Å²) in [5.41, 5.74) is 4.00. The molecule has 0 radical (unpaired) electrons. The van der Waals surface area contributed by atoms with Crippen LogP contribution in [-0.2, 0) is 17.0 Å². The summed E-state index contributed by atoms with van der Waals surface area (Å²) in [6.07, 6.45) is 0. The molecule has 0 aromatic carbocycles. The van der Waals surface area contributed by atoms with E-state index in [1.807, 2.05) is 26.0 Å². The topological polar surface area (TPSA) is 44.1 Å². The number of ketones is 1. The highest BCUT2D eigenvalue weighted by Gasteiger charge is 2.16. The van der Waals surface area contributed by atoms with E-state index in [0.29, 0.717) is 12.4 Å². The summed E-state index contributed by atoms with van der Waals surface area (Å²) in [7, 11) is 1.69. The molecule has 3 heterocycles. The normalized spacial score (nSPS) is 11.2. The van der Waals surface area contributed by atoms with Crippen molar-refractivity contribution in [3.8, 4) is 9.88 Å². The first-order chi connectivity index (χ1) is 12.6. The molecule has 0 spiro atoms. The Hall–Kier alpha value is -1.41. The van der Waals surface area contributed by atoms with E-state index in [1.165, 1.54) is 4.88 Å². The van der Waals surface area contributed by atoms with Gasteiger partial charge in [0.25, 0.3) is 0 Å². The van der Waals surface area contributed by atoms with Crippen molar-refractivity contribution in [1.29, 1.82) is 0 Å². The van der Waals surface area contributed by atoms with Gasteiger partial charge in [0.15, 0.2) is 5.78 Å². The van der Waals surface area contributed by atoms with Crippen LogP contribution in [0.3, 0.4) is 0 Å². The molecule has 0 aliphatic rings. The number of aryl methyl sites for hydroxylation is 1. The molecule has 26 heavy (non-hydrogen) atoms. The quantitative estimate of drug-likeness (QED) is 0.466. The molecule has 4 nitrogen and oxygen atoms in total. The second-order valence-electron chi connectivity index (χ2n) is 5.97. The molecule has 0 aliphatic heterocycles. The Morgan fingerprint density at radius 2 is 2.19 bits per heavy atom. The van der Waals surface area contributed by atoms with Crippen molar-refractivity contribution >= 4 is 40.2 Å². The third-order valence-corrected chi connectivity index (χ3v) is 7.06. The average molecular weight is 407 g/mol. The van der Waals surface area contributed by atoms with Gasteiger partial charge in [-0.2, -0.15) is 0 Å². The van der Waals surface area contributed by atoms with Crippen LogP contribution >= 0.6 is 34.4 Å². The molecule has 3 aromatic heterocycles. The van der Waals surface area contributed by atoms with Crippen LogP contribution in [0.5, 0.6) is 0 Å². The standard InChI is InChI=1S/C19H22N2O2S3/c1-13-9-16(14(2)21(13)6-7-23-3)17(22)12-24-10-15-11-26-19(20-15)18-5-4-8-25-18/h4-5,8-9,11H,6-7,10,12H2,1-3H3. The van der Waals surface area contributed by atoms with Gasteiger partial charge >= 0.3 is 0 Å². The van der Waals surface area contributed by atoms with E-state index >= 15 is 0 Å². The Kier molecular flexibility index (Phi) is 6.69. The van der Waals surface area contributed by atoms with E-state index in [-0.39, 0.29) is 5.78 Å². The first-order valence-electron chi connectivity index (χ1n) is 8.35. The maximum absolute atomic E-state index is 12.6. The van der Waals surface area contributed by atoms with Gasteiger partial charge in [0.1, 0.15) is 5.01 Å². The maximum atomic E-state index is 12.6. The van der Waals surface area contributed by atoms with Crippen LogP contribution < -0.4 is 0 Å². The SMILES string of the molecule is COCCn1c(C)cc(C(=O)CSCc2csc(-c3cccs3)n2)c1C. The van der Waals surface area contributed by atoms with Gasteiger partial charge in [-0.25, -0.2) is 4.98 Å². The van der Waals surface area contributed by atoms with E-state index in [4.69, 9.17) is 4.74 Å². The summed E-state index contributed by atoms with van der Waals surface area (Å²) in [6.45, 7) is 5.47. The molecule has 0 fully saturated rings. The number of methoxy groups -OCH3 is 1. The second kappa shape index (κ2) is 8.99. The highest BCUT2D eigenvalue weighted by molar-refractivity contribution is 7.99. The number of carbonyl (C=O) groups is 1. The highest BCUT2D eigenvalue weighted by atomic mass is 32.2. The van der Waals surface area contributed by atoms with Gasteiger partial charge in [0, 0.05) is 41.7 Å². The van der Waals surface area contributed by atoms with E-state index in [2.05, 4.69) is 26.4 Å². The number of thiophene rings is 1. The third-order valence-electron chi connectivity index (χ3n) is 4.16. The number of Topliss-reactive ketones (excluding diaryl/α,β-unsaturated/α-hetero) is 1. The molecular weight excluding hydrogens is 384 g/mol. The summed E-state index contributed by atoms with van der Waals surface area (Å²) in [5.74, 6) is 1.41. The van der Waals surface area contributed by atoms with E-state index in [1.54, 1.807) is 41.5 Å². The van der Waals surface area contributed by atoms with Crippen molar-refractivity contribution in [3.63, 3.8) is 0 Å².